The van der Waals surface area contributed by atoms with Gasteiger partial charge in [0.25, 0.3) is 0 Å². The molecule has 0 aliphatic heterocycles. The summed E-state index contributed by atoms with van der Waals surface area (Å²) in [6, 6.07) is 6.28. The van der Waals surface area contributed by atoms with Crippen LogP contribution in [0.3, 0.4) is 0 Å². The van der Waals surface area contributed by atoms with Crippen LogP contribution in [0.1, 0.15) is 24.0 Å². The van der Waals surface area contributed by atoms with E-state index in [4.69, 9.17) is 5.11 Å². The predicted octanol–water partition coefficient (Wildman–Crippen LogP) is 2.58. The molecule has 2 rings (SSSR count). The van der Waals surface area contributed by atoms with Crippen molar-refractivity contribution < 1.29 is 9.90 Å². The zero-order chi connectivity index (χ0) is 11.7. The molecule has 0 heterocycles. The molecule has 86 valence electrons. The summed E-state index contributed by atoms with van der Waals surface area (Å²) in [5.74, 6) is -0.908. The van der Waals surface area contributed by atoms with E-state index >= 15 is 0 Å². The third kappa shape index (κ3) is 2.03. The first kappa shape index (κ1) is 11.0. The summed E-state index contributed by atoms with van der Waals surface area (Å²) in [7, 11) is 0. The standard InChI is InChI=1S/C13H17NO2/c1-8-3-5-11(9(2)7-8)14-12-6-4-10(12)13(15)16/h3,5,7,10,12,14H,4,6H2,1-2H3,(H,15,16). The lowest BCUT2D eigenvalue weighted by Gasteiger charge is -2.35. The van der Waals surface area contributed by atoms with Crippen molar-refractivity contribution in [2.75, 3.05) is 5.32 Å². The molecule has 0 saturated heterocycles. The molecule has 1 aromatic carbocycles. The van der Waals surface area contributed by atoms with Gasteiger partial charge in [0.2, 0.25) is 0 Å². The van der Waals surface area contributed by atoms with E-state index in [1.165, 1.54) is 11.1 Å². The number of nitrogens with one attached hydrogen (secondary N) is 1. The minimum Gasteiger partial charge on any atom is -0.481 e. The van der Waals surface area contributed by atoms with Crippen molar-refractivity contribution in [2.24, 2.45) is 5.92 Å². The van der Waals surface area contributed by atoms with E-state index in [0.29, 0.717) is 0 Å². The Morgan fingerprint density at radius 3 is 2.62 bits per heavy atom. The Balaban J connectivity index is 2.07. The van der Waals surface area contributed by atoms with E-state index in [1.54, 1.807) is 0 Å². The number of aliphatic carboxylic acids is 1. The van der Waals surface area contributed by atoms with E-state index < -0.39 is 5.97 Å². The van der Waals surface area contributed by atoms with Gasteiger partial charge in [-0.05, 0) is 38.3 Å². The SMILES string of the molecule is Cc1ccc(NC2CCC2C(=O)O)c(C)c1. The molecule has 3 nitrogen and oxygen atoms in total. The molecule has 1 aliphatic carbocycles. The largest absolute Gasteiger partial charge is 0.481 e. The zero-order valence-electron chi connectivity index (χ0n) is 9.66. The Bertz CT molecular complexity index is 414. The number of carbonyl (C=O) groups is 1. The lowest BCUT2D eigenvalue weighted by Crippen LogP contribution is -2.43. The molecule has 2 atom stereocenters. The number of hydrogen-bond acceptors (Lipinski definition) is 2. The van der Waals surface area contributed by atoms with Gasteiger partial charge >= 0.3 is 5.97 Å². The van der Waals surface area contributed by atoms with Crippen LogP contribution in [0.25, 0.3) is 0 Å². The number of hydrogen-bond donors (Lipinski definition) is 2. The van der Waals surface area contributed by atoms with Gasteiger partial charge in [-0.15, -0.1) is 0 Å². The minimum atomic E-state index is -0.687. The number of carboxylic acid groups (broad SMARTS) is 1. The first-order valence-electron chi connectivity index (χ1n) is 5.64. The highest BCUT2D eigenvalue weighted by atomic mass is 16.4. The van der Waals surface area contributed by atoms with Crippen LogP contribution >= 0.6 is 0 Å². The summed E-state index contributed by atoms with van der Waals surface area (Å²) in [5.41, 5.74) is 3.46. The molecule has 0 aromatic heterocycles. The van der Waals surface area contributed by atoms with Gasteiger partial charge in [-0.1, -0.05) is 17.7 Å². The molecule has 0 radical (unpaired) electrons. The normalized spacial score (nSPS) is 23.6. The number of carboxylic acids is 1. The van der Waals surface area contributed by atoms with Gasteiger partial charge in [-0.3, -0.25) is 4.79 Å². The van der Waals surface area contributed by atoms with E-state index in [9.17, 15) is 4.79 Å². The average Bonchev–Trinajstić information content (AvgIpc) is 2.13. The van der Waals surface area contributed by atoms with E-state index in [0.717, 1.165) is 18.5 Å². The van der Waals surface area contributed by atoms with Crippen LogP contribution < -0.4 is 5.32 Å². The molecule has 2 unspecified atom stereocenters. The van der Waals surface area contributed by atoms with Gasteiger partial charge in [-0.25, -0.2) is 0 Å². The van der Waals surface area contributed by atoms with E-state index in [2.05, 4.69) is 18.3 Å². The minimum absolute atomic E-state index is 0.0962. The highest BCUT2D eigenvalue weighted by Crippen LogP contribution is 2.31. The summed E-state index contributed by atoms with van der Waals surface area (Å²) >= 11 is 0. The fourth-order valence-corrected chi connectivity index (χ4v) is 2.14. The van der Waals surface area contributed by atoms with Crippen LogP contribution in [0, 0.1) is 19.8 Å². The van der Waals surface area contributed by atoms with Gasteiger partial charge in [-0.2, -0.15) is 0 Å². The highest BCUT2D eigenvalue weighted by molar-refractivity contribution is 5.73. The summed E-state index contributed by atoms with van der Waals surface area (Å²) in [6.07, 6.45) is 1.74. The van der Waals surface area contributed by atoms with Crippen molar-refractivity contribution >= 4 is 11.7 Å². The monoisotopic (exact) mass is 219 g/mol. The number of anilines is 1. The van der Waals surface area contributed by atoms with E-state index in [1.807, 2.05) is 19.1 Å². The molecule has 1 fully saturated rings. The molecule has 2 N–H and O–H groups in total. The predicted molar refractivity (Wildman–Crippen MR) is 63.7 cm³/mol. The van der Waals surface area contributed by atoms with Crippen LogP contribution in [0.2, 0.25) is 0 Å². The van der Waals surface area contributed by atoms with Crippen molar-refractivity contribution in [1.82, 2.24) is 0 Å². The van der Waals surface area contributed by atoms with Crippen molar-refractivity contribution in [1.29, 1.82) is 0 Å². The Hall–Kier alpha value is -1.51. The highest BCUT2D eigenvalue weighted by Gasteiger charge is 2.36. The number of benzene rings is 1. The second-order valence-corrected chi connectivity index (χ2v) is 4.59. The molecule has 0 spiro atoms. The van der Waals surface area contributed by atoms with Gasteiger partial charge in [0.1, 0.15) is 0 Å². The Morgan fingerprint density at radius 1 is 1.38 bits per heavy atom. The van der Waals surface area contributed by atoms with Crippen LogP contribution in [0.15, 0.2) is 18.2 Å². The summed E-state index contributed by atoms with van der Waals surface area (Å²) in [5, 5.41) is 12.3. The smallest absolute Gasteiger partial charge is 0.308 e. The molecule has 16 heavy (non-hydrogen) atoms. The van der Waals surface area contributed by atoms with Crippen molar-refractivity contribution in [3.05, 3.63) is 29.3 Å². The topological polar surface area (TPSA) is 49.3 Å². The molecule has 1 saturated carbocycles. The molecule has 3 heteroatoms. The first-order valence-corrected chi connectivity index (χ1v) is 5.64. The third-order valence-corrected chi connectivity index (χ3v) is 3.31. The fraction of sp³-hybridized carbons (Fsp3) is 0.462. The Kier molecular flexibility index (Phi) is 2.86. The molecule has 1 aromatic rings. The van der Waals surface area contributed by atoms with Crippen LogP contribution in [-0.4, -0.2) is 17.1 Å². The lowest BCUT2D eigenvalue weighted by molar-refractivity contribution is -0.144. The van der Waals surface area contributed by atoms with Gasteiger partial charge in [0.15, 0.2) is 0 Å². The van der Waals surface area contributed by atoms with Gasteiger partial charge in [0.05, 0.1) is 5.92 Å². The van der Waals surface area contributed by atoms with Crippen molar-refractivity contribution in [3.8, 4) is 0 Å². The number of rotatable bonds is 3. The summed E-state index contributed by atoms with van der Waals surface area (Å²) < 4.78 is 0. The molecule has 0 amide bonds. The number of aryl methyl sites for hydroxylation is 2. The maximum Gasteiger partial charge on any atom is 0.308 e. The fourth-order valence-electron chi connectivity index (χ4n) is 2.14. The zero-order valence-corrected chi connectivity index (χ0v) is 9.66. The third-order valence-electron chi connectivity index (χ3n) is 3.31. The summed E-state index contributed by atoms with van der Waals surface area (Å²) in [4.78, 5) is 10.9. The molecular weight excluding hydrogens is 202 g/mol. The van der Waals surface area contributed by atoms with Crippen molar-refractivity contribution in [3.63, 3.8) is 0 Å². The maximum absolute atomic E-state index is 10.9. The Morgan fingerprint density at radius 2 is 2.12 bits per heavy atom. The van der Waals surface area contributed by atoms with Gasteiger partial charge < -0.3 is 10.4 Å². The molecular formula is C13H17NO2. The second-order valence-electron chi connectivity index (χ2n) is 4.59. The molecule has 1 aliphatic rings. The van der Waals surface area contributed by atoms with Crippen LogP contribution in [0.4, 0.5) is 5.69 Å². The maximum atomic E-state index is 10.9. The second kappa shape index (κ2) is 4.16. The Labute approximate surface area is 95.5 Å². The first-order chi connectivity index (χ1) is 7.58. The summed E-state index contributed by atoms with van der Waals surface area (Å²) in [6.45, 7) is 4.10. The van der Waals surface area contributed by atoms with Crippen molar-refractivity contribution in [2.45, 2.75) is 32.7 Å². The molecule has 0 bridgehead atoms. The van der Waals surface area contributed by atoms with Gasteiger partial charge in [0, 0.05) is 11.7 Å². The van der Waals surface area contributed by atoms with Crippen LogP contribution in [0.5, 0.6) is 0 Å². The van der Waals surface area contributed by atoms with E-state index in [-0.39, 0.29) is 12.0 Å². The quantitative estimate of drug-likeness (QED) is 0.821. The average molecular weight is 219 g/mol. The lowest BCUT2D eigenvalue weighted by atomic mass is 9.79. The van der Waals surface area contributed by atoms with Crippen LogP contribution in [-0.2, 0) is 4.79 Å².